The number of fused-ring (bicyclic) bond motifs is 4. The third-order valence-electron chi connectivity index (χ3n) is 21.7. The fourth-order valence-corrected chi connectivity index (χ4v) is 16.9. The number of esters is 2. The molecule has 7 fully saturated rings. The molecule has 6 heterocycles. The van der Waals surface area contributed by atoms with Gasteiger partial charge in [-0.2, -0.15) is 0 Å². The molecule has 4 unspecified atom stereocenters. The summed E-state index contributed by atoms with van der Waals surface area (Å²) in [6.45, 7) is 21.0. The molecule has 29 atom stereocenters. The van der Waals surface area contributed by atoms with E-state index in [1.54, 1.807) is 33.8 Å². The molecule has 0 aromatic heterocycles. The first-order valence-electron chi connectivity index (χ1n) is 33.1. The molecule has 26 nitrogen and oxygen atoms in total. The van der Waals surface area contributed by atoms with E-state index >= 15 is 4.79 Å². The first-order chi connectivity index (χ1) is 43.9. The summed E-state index contributed by atoms with van der Waals surface area (Å²) in [5.74, 6) is -6.46. The molecular formula is C67H96N2O24. The number of carbonyl (C=O) groups excluding carboxylic acids is 5. The molecule has 6 aliphatic heterocycles. The van der Waals surface area contributed by atoms with Crippen molar-refractivity contribution in [3.8, 4) is 0 Å². The van der Waals surface area contributed by atoms with Gasteiger partial charge in [0.05, 0.1) is 86.6 Å². The molecule has 93 heavy (non-hydrogen) atoms. The van der Waals surface area contributed by atoms with Crippen LogP contribution in [0.1, 0.15) is 147 Å². The van der Waals surface area contributed by atoms with E-state index in [1.165, 1.54) is 19.9 Å². The first kappa shape index (κ1) is 70.7. The van der Waals surface area contributed by atoms with Crippen molar-refractivity contribution in [2.24, 2.45) is 40.9 Å². The fourth-order valence-electron chi connectivity index (χ4n) is 16.9. The van der Waals surface area contributed by atoms with E-state index in [4.69, 9.17) is 61.6 Å². The SMILES string of the molecule is COC(=O)N[C@H]1[C@@H](C)O[C@@H](O[C@H]2C/C=C(\C)[C@H]3C=CC4[C@@H](O[C@H]5C[C@@H](O[C@H]6CCC(O[C@H]7C[C@@H](O)C(O[C@H]8CC[C@@H](O)[C@H](C)O8)[C@H](C)O7)[C@H](C)O6)[C@@H](OC(C)=O)[C@H](C)O5)[C@@H](C)C[C@H](C)[C@H]4[C@]3(C)C(O)=C3C(=O)OC4(CC(C=O)=C[C@H](O)[C@H]4C=C2C)C3=O)C[C@]1(C)[N+](=O)[O-]. The number of aliphatic hydroxyl groups is 4. The van der Waals surface area contributed by atoms with Crippen LogP contribution in [0.5, 0.6) is 0 Å². The summed E-state index contributed by atoms with van der Waals surface area (Å²) in [4.78, 5) is 80.4. The van der Waals surface area contributed by atoms with Crippen LogP contribution in [0.25, 0.3) is 0 Å². The predicted molar refractivity (Wildman–Crippen MR) is 325 cm³/mol. The lowest BCUT2D eigenvalue weighted by Crippen LogP contribution is -2.65. The number of nitrogens with zero attached hydrogens (tertiary/aromatic N) is 1. The third kappa shape index (κ3) is 14.0. The van der Waals surface area contributed by atoms with Crippen molar-refractivity contribution in [3.05, 3.63) is 68.5 Å². The largest absolute Gasteiger partial charge is 0.511 e. The van der Waals surface area contributed by atoms with Crippen molar-refractivity contribution in [2.45, 2.75) is 281 Å². The molecule has 26 heteroatoms. The maximum absolute atomic E-state index is 15.6. The summed E-state index contributed by atoms with van der Waals surface area (Å²) >= 11 is 0. The summed E-state index contributed by atoms with van der Waals surface area (Å²) in [7, 11) is 1.15. The Hall–Kier alpha value is -5.07. The number of hydrogen-bond acceptors (Lipinski definition) is 24. The maximum Gasteiger partial charge on any atom is 0.407 e. The van der Waals surface area contributed by atoms with Crippen LogP contribution < -0.4 is 5.32 Å². The average Bonchev–Trinajstić information content (AvgIpc) is 1.68. The van der Waals surface area contributed by atoms with E-state index in [9.17, 15) is 49.7 Å². The van der Waals surface area contributed by atoms with Gasteiger partial charge in [-0.15, -0.1) is 0 Å². The van der Waals surface area contributed by atoms with Crippen molar-refractivity contribution >= 4 is 30.1 Å². The van der Waals surface area contributed by atoms with E-state index < -0.39 is 210 Å². The van der Waals surface area contributed by atoms with Crippen LogP contribution in [0.4, 0.5) is 4.79 Å². The van der Waals surface area contributed by atoms with E-state index in [0.29, 0.717) is 49.5 Å². The normalized spacial score (nSPS) is 46.8. The van der Waals surface area contributed by atoms with Gasteiger partial charge in [-0.05, 0) is 109 Å². The predicted octanol–water partition coefficient (Wildman–Crippen LogP) is 6.36. The van der Waals surface area contributed by atoms with E-state index in [1.807, 2.05) is 39.8 Å². The Morgan fingerprint density at radius 3 is 2.01 bits per heavy atom. The number of ketones is 1. The van der Waals surface area contributed by atoms with Crippen LogP contribution in [0.15, 0.2) is 58.4 Å². The highest BCUT2D eigenvalue weighted by Crippen LogP contribution is 2.61. The zero-order valence-electron chi connectivity index (χ0n) is 55.4. The van der Waals surface area contributed by atoms with E-state index in [-0.39, 0.29) is 43.1 Å². The summed E-state index contributed by atoms with van der Waals surface area (Å²) < 4.78 is 81.5. The van der Waals surface area contributed by atoms with Crippen LogP contribution in [0, 0.1) is 51.0 Å². The van der Waals surface area contributed by atoms with Gasteiger partial charge >= 0.3 is 18.0 Å². The van der Waals surface area contributed by atoms with Crippen molar-refractivity contribution in [2.75, 3.05) is 7.11 Å². The number of Topliss-reactive ketones (excluding diaryl/α,β-unsaturated/α-hetero) is 1. The lowest BCUT2D eigenvalue weighted by molar-refractivity contribution is -0.584. The topological polar surface area (TPSA) is 341 Å². The monoisotopic (exact) mass is 1310 g/mol. The number of amides is 1. The smallest absolute Gasteiger partial charge is 0.407 e. The molecule has 6 saturated heterocycles. The van der Waals surface area contributed by atoms with Crippen LogP contribution in [0.2, 0.25) is 0 Å². The molecule has 518 valence electrons. The maximum atomic E-state index is 15.6. The third-order valence-corrected chi connectivity index (χ3v) is 21.7. The van der Waals surface area contributed by atoms with Crippen molar-refractivity contribution in [1.29, 1.82) is 0 Å². The zero-order valence-corrected chi connectivity index (χ0v) is 55.4. The van der Waals surface area contributed by atoms with Gasteiger partial charge in [-0.25, -0.2) is 9.59 Å². The molecule has 10 rings (SSSR count). The molecule has 2 bridgehead atoms. The molecule has 1 saturated carbocycles. The van der Waals surface area contributed by atoms with Gasteiger partial charge in [-0.3, -0.25) is 24.5 Å². The minimum Gasteiger partial charge on any atom is -0.511 e. The summed E-state index contributed by atoms with van der Waals surface area (Å²) in [6, 6.07) is -1.12. The highest BCUT2D eigenvalue weighted by Gasteiger charge is 2.65. The first-order valence-corrected chi connectivity index (χ1v) is 33.1. The standard InChI is InChI=1S/C67H96N2O24/c1-30-14-18-47(88-54-28-65(11,69(79)80)60(38(9)86-54)68-64(78)81-13)31(2)23-43-45(73)24-40(29-70)27-67(43)62(76)55(63(77)93-67)61(75)66(12)42(30)16-15-41-56(66)32(3)22-33(4)57(41)92-53-26-49(59(37(8)85-53)87-39(10)71)90-50-21-19-48(35(6)83-50)89-52-25-46(74)58(36(7)84-52)91-51-20-17-44(72)34(5)82-51/h14-16,23-24,29,32-38,41-54,56-60,72-75H,17-22,25-28H2,1-13H3,(H,68,78)/b30-14+,31-23?,61-55?/t32-,33-,34-,35-,36-,37-,38+,41?,42+,43+,44+,45-,46+,47-,48?,49+,50-,51-,52-,53-,54-,56+,57-,58?,59-,60-,65-,66+,67?/m0/s1. The van der Waals surface area contributed by atoms with Gasteiger partial charge in [0.15, 0.2) is 43.2 Å². The molecule has 1 spiro atoms. The fraction of sp³-hybridized carbons (Fsp3) is 0.776. The molecule has 4 aliphatic carbocycles. The molecular weight excluding hydrogens is 1220 g/mol. The van der Waals surface area contributed by atoms with Crippen LogP contribution in [0.3, 0.4) is 0 Å². The Labute approximate surface area is 542 Å². The second-order valence-electron chi connectivity index (χ2n) is 28.2. The van der Waals surface area contributed by atoms with Crippen LogP contribution in [-0.4, -0.2) is 197 Å². The number of hydrogen-bond donors (Lipinski definition) is 5. The number of aliphatic hydroxyl groups excluding tert-OH is 4. The lowest BCUT2D eigenvalue weighted by atomic mass is 9.49. The van der Waals surface area contributed by atoms with Crippen LogP contribution >= 0.6 is 0 Å². The Morgan fingerprint density at radius 2 is 1.35 bits per heavy atom. The molecule has 0 aromatic carbocycles. The lowest BCUT2D eigenvalue weighted by Gasteiger charge is -2.56. The quantitative estimate of drug-likeness (QED) is 0.0240. The molecule has 5 N–H and O–H groups in total. The van der Waals surface area contributed by atoms with Crippen molar-refractivity contribution in [1.82, 2.24) is 5.32 Å². The van der Waals surface area contributed by atoms with Gasteiger partial charge in [0.1, 0.15) is 35.9 Å². The number of methoxy groups -OCH3 is 1. The second kappa shape index (κ2) is 28.2. The Kier molecular flexibility index (Phi) is 21.4. The zero-order chi connectivity index (χ0) is 67.5. The van der Waals surface area contributed by atoms with Crippen LogP contribution in [-0.2, 0) is 80.8 Å². The van der Waals surface area contributed by atoms with Gasteiger partial charge in [0, 0.05) is 68.1 Å². The average molecular weight is 1310 g/mol. The summed E-state index contributed by atoms with van der Waals surface area (Å²) in [5.41, 5.74) is -4.91. The van der Waals surface area contributed by atoms with Gasteiger partial charge in [-0.1, -0.05) is 50.6 Å². The summed E-state index contributed by atoms with van der Waals surface area (Å²) in [6.07, 6.45) is -4.21. The van der Waals surface area contributed by atoms with Crippen molar-refractivity contribution < 1.29 is 111 Å². The second-order valence-corrected chi connectivity index (χ2v) is 28.2. The summed E-state index contributed by atoms with van der Waals surface area (Å²) in [5, 5.41) is 62.0. The number of aldehydes is 1. The number of nitro groups is 1. The number of alkyl carbamates (subject to hydrolysis) is 1. The van der Waals surface area contributed by atoms with E-state index in [2.05, 4.69) is 25.2 Å². The van der Waals surface area contributed by atoms with Gasteiger partial charge in [0.2, 0.25) is 11.3 Å². The Morgan fingerprint density at radius 1 is 0.720 bits per heavy atom. The van der Waals surface area contributed by atoms with Gasteiger partial charge in [0.25, 0.3) is 0 Å². The number of allylic oxidation sites excluding steroid dienone is 3. The number of ether oxygens (including phenoxy) is 13. The Bertz CT molecular complexity index is 2960. The highest BCUT2D eigenvalue weighted by atomic mass is 16.8. The van der Waals surface area contributed by atoms with Crippen molar-refractivity contribution in [3.63, 3.8) is 0 Å². The molecule has 0 aromatic rings. The molecule has 0 radical (unpaired) electrons. The minimum atomic E-state index is -2.20. The number of carbonyl (C=O) groups is 5. The van der Waals surface area contributed by atoms with E-state index in [0.717, 1.165) is 7.11 Å². The highest BCUT2D eigenvalue weighted by molar-refractivity contribution is 6.26. The van der Waals surface area contributed by atoms with Gasteiger partial charge < -0.3 is 87.3 Å². The minimum absolute atomic E-state index is 0.00196. The number of rotatable bonds is 14. The molecule has 1 amide bonds. The number of nitrogens with one attached hydrogen (secondary N) is 1. The Balaban J connectivity index is 0.904. The molecule has 10 aliphatic rings.